The first-order valence-corrected chi connectivity index (χ1v) is 11.5. The van der Waals surface area contributed by atoms with E-state index in [0.717, 1.165) is 10.9 Å². The Bertz CT molecular complexity index is 1040. The number of rotatable bonds is 6. The molecule has 0 aliphatic carbocycles. The zero-order valence-corrected chi connectivity index (χ0v) is 16.2. The number of H-pyrrole nitrogens is 1. The number of nitrogens with two attached hydrogens (primary N) is 1. The highest BCUT2D eigenvalue weighted by atomic mass is 32.5. The van der Waals surface area contributed by atoms with Crippen LogP contribution in [0.15, 0.2) is 11.1 Å². The number of nitrogens with one attached hydrogen (secondary N) is 1. The van der Waals surface area contributed by atoms with Crippen molar-refractivity contribution in [3.8, 4) is 0 Å². The van der Waals surface area contributed by atoms with Gasteiger partial charge in [-0.3, -0.25) is 18.9 Å². The van der Waals surface area contributed by atoms with E-state index in [-0.39, 0.29) is 17.1 Å². The zero-order chi connectivity index (χ0) is 20.9. The van der Waals surface area contributed by atoms with Crippen LogP contribution in [0, 0.1) is 0 Å². The molecule has 0 spiro atoms. The third kappa shape index (κ3) is 4.48. The van der Waals surface area contributed by atoms with Gasteiger partial charge in [-0.05, 0) is 11.8 Å². The summed E-state index contributed by atoms with van der Waals surface area (Å²) >= 11 is 4.07. The summed E-state index contributed by atoms with van der Waals surface area (Å²) in [4.78, 5) is 49.0. The van der Waals surface area contributed by atoms with Crippen LogP contribution in [0.5, 0.6) is 0 Å². The fraction of sp³-hybridized carbons (Fsp3) is 0.500. The molecule has 2 aromatic rings. The standard InChI is InChI=1S/C10H15N5O10P2S/c11-10-13-7-4(8(18)14-10)12-2-15(7)9-6(17)5(16)3(24-9)1-23-26(19,20)25-27(21,22)28/h2-3,5-6,9,16-17H,1H2,(H,19,20)(H2,21,22,28)(H3,11,13,14,18)/t3-,5-,6?,9-/m1/s1. The zero-order valence-electron chi connectivity index (χ0n) is 13.6. The third-order valence-corrected chi connectivity index (χ3v) is 6.43. The normalized spacial score (nSPS) is 27.9. The van der Waals surface area contributed by atoms with Gasteiger partial charge in [-0.2, -0.15) is 4.98 Å². The van der Waals surface area contributed by atoms with Crippen LogP contribution >= 0.6 is 14.5 Å². The molecule has 1 aliphatic rings. The topological polar surface area (TPSA) is 235 Å². The van der Waals surface area contributed by atoms with Gasteiger partial charge in [0, 0.05) is 0 Å². The van der Waals surface area contributed by atoms with Gasteiger partial charge in [0.25, 0.3) is 5.56 Å². The van der Waals surface area contributed by atoms with E-state index in [2.05, 4.69) is 35.6 Å². The number of aliphatic hydroxyl groups is 2. The highest BCUT2D eigenvalue weighted by Crippen LogP contribution is 2.58. The van der Waals surface area contributed by atoms with Crippen LogP contribution in [0.25, 0.3) is 11.2 Å². The maximum Gasteiger partial charge on any atom is 0.479 e. The van der Waals surface area contributed by atoms with Crippen molar-refractivity contribution >= 4 is 43.5 Å². The van der Waals surface area contributed by atoms with E-state index in [9.17, 15) is 24.5 Å². The number of aromatic amines is 1. The third-order valence-electron chi connectivity index (χ3n) is 3.67. The maximum atomic E-state index is 11.8. The molecule has 2 aromatic heterocycles. The molecule has 1 aliphatic heterocycles. The van der Waals surface area contributed by atoms with Gasteiger partial charge in [-0.15, -0.1) is 0 Å². The Morgan fingerprint density at radius 1 is 1.36 bits per heavy atom. The fourth-order valence-corrected chi connectivity index (χ4v) is 4.91. The number of ether oxygens (including phenoxy) is 1. The molecule has 28 heavy (non-hydrogen) atoms. The van der Waals surface area contributed by atoms with Crippen molar-refractivity contribution in [2.24, 2.45) is 0 Å². The molecular formula is C10H15N5O10P2S. The van der Waals surface area contributed by atoms with Crippen molar-refractivity contribution in [2.45, 2.75) is 24.5 Å². The Kier molecular flexibility index (Phi) is 5.75. The second kappa shape index (κ2) is 7.51. The minimum Gasteiger partial charge on any atom is -0.387 e. The molecule has 0 bridgehead atoms. The van der Waals surface area contributed by atoms with E-state index in [1.54, 1.807) is 0 Å². The monoisotopic (exact) mass is 459 g/mol. The van der Waals surface area contributed by atoms with Gasteiger partial charge in [0.2, 0.25) is 5.95 Å². The molecule has 0 amide bonds. The SMILES string of the molecule is Nc1nc2c(ncn2[C@@H]2O[C@H](COP(=O)(O)OP(O)(O)=S)[C@@H](O)C2O)c(=O)[nH]1. The molecule has 0 aromatic carbocycles. The molecule has 3 rings (SSSR count). The molecule has 1 saturated heterocycles. The smallest absolute Gasteiger partial charge is 0.387 e. The van der Waals surface area contributed by atoms with Crippen molar-refractivity contribution in [1.82, 2.24) is 19.5 Å². The van der Waals surface area contributed by atoms with E-state index in [1.165, 1.54) is 0 Å². The first kappa shape index (κ1) is 21.4. The first-order chi connectivity index (χ1) is 12.9. The average Bonchev–Trinajstić information content (AvgIpc) is 3.06. The summed E-state index contributed by atoms with van der Waals surface area (Å²) in [7, 11) is -4.97. The molecular weight excluding hydrogens is 444 g/mol. The van der Waals surface area contributed by atoms with Crippen molar-refractivity contribution in [3.05, 3.63) is 16.7 Å². The second-order valence-electron chi connectivity index (χ2n) is 5.66. The summed E-state index contributed by atoms with van der Waals surface area (Å²) in [6, 6.07) is 0. The largest absolute Gasteiger partial charge is 0.479 e. The number of nitrogen functional groups attached to an aromatic ring is 1. The lowest BCUT2D eigenvalue weighted by molar-refractivity contribution is -0.0502. The van der Waals surface area contributed by atoms with Crippen LogP contribution in [-0.4, -0.2) is 69.3 Å². The first-order valence-electron chi connectivity index (χ1n) is 7.36. The summed E-state index contributed by atoms with van der Waals surface area (Å²) < 4.78 is 26.7. The van der Waals surface area contributed by atoms with Crippen LogP contribution in [0.3, 0.4) is 0 Å². The number of aromatic nitrogens is 4. The van der Waals surface area contributed by atoms with Crippen LogP contribution < -0.4 is 11.3 Å². The number of phosphoric acid groups is 1. The number of hydrogen-bond acceptors (Lipinski definition) is 11. The molecule has 8 N–H and O–H groups in total. The number of nitrogens with zero attached hydrogens (tertiary/aromatic N) is 3. The maximum absolute atomic E-state index is 11.8. The fourth-order valence-electron chi connectivity index (χ4n) is 2.55. The van der Waals surface area contributed by atoms with Gasteiger partial charge in [0.15, 0.2) is 17.4 Å². The van der Waals surface area contributed by atoms with Crippen molar-refractivity contribution < 1.29 is 43.0 Å². The van der Waals surface area contributed by atoms with Gasteiger partial charge in [-0.1, -0.05) is 0 Å². The Hall–Kier alpha value is -1.29. The number of fused-ring (bicyclic) bond motifs is 1. The van der Waals surface area contributed by atoms with Crippen molar-refractivity contribution in [1.29, 1.82) is 0 Å². The van der Waals surface area contributed by atoms with E-state index >= 15 is 0 Å². The minimum absolute atomic E-state index is 0.0310. The Morgan fingerprint density at radius 2 is 2.04 bits per heavy atom. The second-order valence-corrected chi connectivity index (χ2v) is 9.91. The van der Waals surface area contributed by atoms with Gasteiger partial charge in [0.05, 0.1) is 12.9 Å². The van der Waals surface area contributed by atoms with Gasteiger partial charge < -0.3 is 35.4 Å². The van der Waals surface area contributed by atoms with Gasteiger partial charge in [0.1, 0.15) is 18.3 Å². The summed E-state index contributed by atoms with van der Waals surface area (Å²) in [6.45, 7) is -5.26. The quantitative estimate of drug-likeness (QED) is 0.224. The lowest BCUT2D eigenvalue weighted by Crippen LogP contribution is -2.33. The van der Waals surface area contributed by atoms with Crippen molar-refractivity contribution in [3.63, 3.8) is 0 Å². The molecule has 2 unspecified atom stereocenters. The van der Waals surface area contributed by atoms with E-state index < -0.39 is 51.2 Å². The molecule has 18 heteroatoms. The predicted molar refractivity (Wildman–Crippen MR) is 94.1 cm³/mol. The van der Waals surface area contributed by atoms with Gasteiger partial charge >= 0.3 is 14.5 Å². The lowest BCUT2D eigenvalue weighted by Gasteiger charge is -2.18. The van der Waals surface area contributed by atoms with E-state index in [0.29, 0.717) is 0 Å². The van der Waals surface area contributed by atoms with Crippen molar-refractivity contribution in [2.75, 3.05) is 12.3 Å². The van der Waals surface area contributed by atoms with Crippen LogP contribution in [0.1, 0.15) is 6.23 Å². The summed E-state index contributed by atoms with van der Waals surface area (Å²) in [5, 5.41) is 20.3. The number of anilines is 1. The summed E-state index contributed by atoms with van der Waals surface area (Å²) in [6.07, 6.45) is -4.65. The summed E-state index contributed by atoms with van der Waals surface area (Å²) in [5.41, 5.74) is 4.73. The number of phosphoric ester groups is 1. The Morgan fingerprint density at radius 3 is 2.68 bits per heavy atom. The predicted octanol–water partition coefficient (Wildman–Crippen LogP) is -2.34. The van der Waals surface area contributed by atoms with Crippen LogP contribution in [-0.2, 0) is 29.9 Å². The molecule has 15 nitrogen and oxygen atoms in total. The molecule has 3 heterocycles. The lowest BCUT2D eigenvalue weighted by atomic mass is 10.1. The molecule has 0 radical (unpaired) electrons. The van der Waals surface area contributed by atoms with Crippen LogP contribution in [0.2, 0.25) is 0 Å². The number of aliphatic hydroxyl groups excluding tert-OH is 2. The summed E-state index contributed by atoms with van der Waals surface area (Å²) in [5.74, 6) is -0.214. The molecule has 1 fully saturated rings. The van der Waals surface area contributed by atoms with E-state index in [1.807, 2.05) is 0 Å². The number of imidazole rings is 1. The molecule has 156 valence electrons. The Labute approximate surface area is 160 Å². The number of hydrogen-bond donors (Lipinski definition) is 7. The Balaban J connectivity index is 1.79. The van der Waals surface area contributed by atoms with E-state index in [4.69, 9.17) is 20.3 Å². The average molecular weight is 459 g/mol. The molecule has 5 atom stereocenters. The molecule has 0 saturated carbocycles. The highest BCUT2D eigenvalue weighted by Gasteiger charge is 2.45. The van der Waals surface area contributed by atoms with Crippen LogP contribution in [0.4, 0.5) is 5.95 Å². The highest BCUT2D eigenvalue weighted by molar-refractivity contribution is 8.08. The minimum atomic E-state index is -4.97. The van der Waals surface area contributed by atoms with Gasteiger partial charge in [-0.25, -0.2) is 13.9 Å².